The average molecular weight is 411 g/mol. The summed E-state index contributed by atoms with van der Waals surface area (Å²) in [4.78, 5) is 16.2. The molecule has 0 spiro atoms. The summed E-state index contributed by atoms with van der Waals surface area (Å²) in [6.07, 6.45) is 5.82. The molecule has 5 nitrogen and oxygen atoms in total. The largest absolute Gasteiger partial charge is 0.478 e. The molecule has 0 aliphatic rings. The van der Waals surface area contributed by atoms with Crippen molar-refractivity contribution < 1.29 is 15.0 Å². The lowest BCUT2D eigenvalue weighted by atomic mass is 9.97. The van der Waals surface area contributed by atoms with Crippen molar-refractivity contribution in [2.45, 2.75) is 32.9 Å². The molecular weight excluding hydrogens is 388 g/mol. The summed E-state index contributed by atoms with van der Waals surface area (Å²) >= 11 is 6.20. The predicted molar refractivity (Wildman–Crippen MR) is 115 cm³/mol. The number of hydrogen-bond donors (Lipinski definition) is 2. The molecule has 0 radical (unpaired) electrons. The maximum Gasteiger partial charge on any atom is 0.336 e. The molecule has 1 heterocycles. The van der Waals surface area contributed by atoms with Crippen molar-refractivity contribution in [3.8, 4) is 11.1 Å². The smallest absolute Gasteiger partial charge is 0.336 e. The lowest BCUT2D eigenvalue weighted by Crippen LogP contribution is -2.08. The molecule has 3 rings (SSSR count). The lowest BCUT2D eigenvalue weighted by Gasteiger charge is -2.12. The van der Waals surface area contributed by atoms with Crippen molar-refractivity contribution in [3.63, 3.8) is 0 Å². The first kappa shape index (κ1) is 20.8. The summed E-state index contributed by atoms with van der Waals surface area (Å²) in [5.74, 6) is -0.351. The number of aromatic nitrogens is 2. The molecule has 0 amide bonds. The number of imidazole rings is 1. The van der Waals surface area contributed by atoms with Crippen LogP contribution in [0.3, 0.4) is 0 Å². The van der Waals surface area contributed by atoms with Crippen LogP contribution in [0.2, 0.25) is 5.15 Å². The van der Waals surface area contributed by atoms with Gasteiger partial charge in [-0.1, -0.05) is 73.5 Å². The predicted octanol–water partition coefficient (Wildman–Crippen LogP) is 5.26. The quantitative estimate of drug-likeness (QED) is 0.531. The minimum atomic E-state index is -0.986. The lowest BCUT2D eigenvalue weighted by molar-refractivity contribution is 0.0697. The normalized spacial score (nSPS) is 11.3. The van der Waals surface area contributed by atoms with Crippen molar-refractivity contribution in [1.29, 1.82) is 0 Å². The Bertz CT molecular complexity index is 1030. The van der Waals surface area contributed by atoms with Gasteiger partial charge in [0, 0.05) is 6.54 Å². The van der Waals surface area contributed by atoms with Crippen molar-refractivity contribution in [2.75, 3.05) is 0 Å². The van der Waals surface area contributed by atoms with E-state index in [4.69, 9.17) is 11.6 Å². The van der Waals surface area contributed by atoms with E-state index in [1.807, 2.05) is 59.2 Å². The molecule has 0 saturated carbocycles. The second kappa shape index (κ2) is 9.54. The number of aromatic carboxylic acids is 1. The van der Waals surface area contributed by atoms with E-state index in [2.05, 4.69) is 11.9 Å². The number of halogens is 1. The highest BCUT2D eigenvalue weighted by atomic mass is 35.5. The fourth-order valence-electron chi connectivity index (χ4n) is 3.20. The summed E-state index contributed by atoms with van der Waals surface area (Å²) in [5.41, 5.74) is 3.04. The Labute approximate surface area is 174 Å². The molecular formula is C23H23ClN2O3. The van der Waals surface area contributed by atoms with Gasteiger partial charge in [-0.3, -0.25) is 0 Å². The van der Waals surface area contributed by atoms with Crippen LogP contribution in [-0.2, 0) is 13.2 Å². The highest BCUT2D eigenvalue weighted by Crippen LogP contribution is 2.26. The first-order valence-corrected chi connectivity index (χ1v) is 9.86. The third-order valence-corrected chi connectivity index (χ3v) is 4.97. The number of hydrogen-bond acceptors (Lipinski definition) is 3. The third kappa shape index (κ3) is 4.75. The van der Waals surface area contributed by atoms with Crippen LogP contribution in [0.15, 0.2) is 54.6 Å². The molecule has 0 aliphatic carbocycles. The molecule has 3 aromatic rings. The van der Waals surface area contributed by atoms with Gasteiger partial charge in [-0.15, -0.1) is 0 Å². The van der Waals surface area contributed by atoms with Gasteiger partial charge in [-0.25, -0.2) is 9.78 Å². The summed E-state index contributed by atoms with van der Waals surface area (Å²) in [6.45, 7) is 2.20. The number of carboxylic acids is 1. The molecule has 150 valence electrons. The van der Waals surface area contributed by atoms with Crippen LogP contribution in [0.5, 0.6) is 0 Å². The molecule has 6 heteroatoms. The van der Waals surface area contributed by atoms with Crippen molar-refractivity contribution in [3.05, 3.63) is 82.4 Å². The molecule has 29 heavy (non-hydrogen) atoms. The minimum absolute atomic E-state index is 0.230. The SMILES string of the molecule is CCC/C=C/c1nc(Cl)c(CO)n1Cc1ccc(-c2ccccc2)c(C(=O)O)c1. The number of benzene rings is 2. The second-order valence-corrected chi connectivity index (χ2v) is 7.05. The summed E-state index contributed by atoms with van der Waals surface area (Å²) in [7, 11) is 0. The Morgan fingerprint density at radius 3 is 2.62 bits per heavy atom. The molecule has 1 aromatic heterocycles. The van der Waals surface area contributed by atoms with E-state index in [0.717, 1.165) is 24.0 Å². The highest BCUT2D eigenvalue weighted by Gasteiger charge is 2.16. The zero-order chi connectivity index (χ0) is 20.8. The summed E-state index contributed by atoms with van der Waals surface area (Å²) in [6, 6.07) is 14.8. The van der Waals surface area contributed by atoms with E-state index < -0.39 is 5.97 Å². The number of carbonyl (C=O) groups is 1. The minimum Gasteiger partial charge on any atom is -0.478 e. The fraction of sp³-hybridized carbons (Fsp3) is 0.217. The van der Waals surface area contributed by atoms with Gasteiger partial charge in [0.1, 0.15) is 5.82 Å². The molecule has 2 aromatic carbocycles. The zero-order valence-electron chi connectivity index (χ0n) is 16.2. The van der Waals surface area contributed by atoms with Gasteiger partial charge in [-0.2, -0.15) is 0 Å². The Hall–Kier alpha value is -2.89. The van der Waals surface area contributed by atoms with Crippen LogP contribution < -0.4 is 0 Å². The van der Waals surface area contributed by atoms with E-state index >= 15 is 0 Å². The van der Waals surface area contributed by atoms with Crippen molar-refractivity contribution in [1.82, 2.24) is 9.55 Å². The van der Waals surface area contributed by atoms with Gasteiger partial charge >= 0.3 is 5.97 Å². The number of nitrogens with zero attached hydrogens (tertiary/aromatic N) is 2. The Balaban J connectivity index is 2.01. The molecule has 0 atom stereocenters. The maximum atomic E-state index is 11.9. The second-order valence-electron chi connectivity index (χ2n) is 6.69. The molecule has 0 saturated heterocycles. The highest BCUT2D eigenvalue weighted by molar-refractivity contribution is 6.30. The Morgan fingerprint density at radius 1 is 1.21 bits per heavy atom. The van der Waals surface area contributed by atoms with Crippen LogP contribution in [0, 0.1) is 0 Å². The van der Waals surface area contributed by atoms with Gasteiger partial charge in [-0.05, 0) is 35.3 Å². The van der Waals surface area contributed by atoms with Crippen LogP contribution in [-0.4, -0.2) is 25.7 Å². The number of aliphatic hydroxyl groups excluding tert-OH is 1. The number of rotatable bonds is 8. The van der Waals surface area contributed by atoms with Gasteiger partial charge in [0.05, 0.1) is 17.9 Å². The van der Waals surface area contributed by atoms with Crippen molar-refractivity contribution in [2.24, 2.45) is 0 Å². The third-order valence-electron chi connectivity index (χ3n) is 4.67. The van der Waals surface area contributed by atoms with Gasteiger partial charge in [0.15, 0.2) is 5.15 Å². The number of carboxylic acid groups (broad SMARTS) is 1. The van der Waals surface area contributed by atoms with Crippen LogP contribution in [0.1, 0.15) is 47.2 Å². The van der Waals surface area contributed by atoms with Gasteiger partial charge in [0.25, 0.3) is 0 Å². The van der Waals surface area contributed by atoms with E-state index in [9.17, 15) is 15.0 Å². The number of allylic oxidation sites excluding steroid dienone is 1. The number of aliphatic hydroxyl groups is 1. The standard InChI is InChI=1S/C23H23ClN2O3/c1-2-3-5-10-21-25-22(24)20(15-27)26(21)14-16-11-12-18(19(13-16)23(28)29)17-8-6-4-7-9-17/h4-13,27H,2-3,14-15H2,1H3,(H,28,29)/b10-5+. The average Bonchev–Trinajstić information content (AvgIpc) is 3.02. The van der Waals surface area contributed by atoms with E-state index in [1.54, 1.807) is 6.07 Å². The molecule has 2 N–H and O–H groups in total. The van der Waals surface area contributed by atoms with Crippen LogP contribution >= 0.6 is 11.6 Å². The van der Waals surface area contributed by atoms with Crippen molar-refractivity contribution >= 4 is 23.6 Å². The maximum absolute atomic E-state index is 11.9. The first-order valence-electron chi connectivity index (χ1n) is 9.49. The van der Waals surface area contributed by atoms with Gasteiger partial charge < -0.3 is 14.8 Å². The molecule has 0 fully saturated rings. The molecule has 0 unspecified atom stereocenters. The number of unbranched alkanes of at least 4 members (excludes halogenated alkanes) is 1. The summed E-state index contributed by atoms with van der Waals surface area (Å²) in [5, 5.41) is 19.7. The Morgan fingerprint density at radius 2 is 1.97 bits per heavy atom. The van der Waals surface area contributed by atoms with Crippen LogP contribution in [0.25, 0.3) is 17.2 Å². The topological polar surface area (TPSA) is 75.4 Å². The monoisotopic (exact) mass is 410 g/mol. The Kier molecular flexibility index (Phi) is 6.86. The molecule has 0 aliphatic heterocycles. The van der Waals surface area contributed by atoms with E-state index in [-0.39, 0.29) is 17.3 Å². The van der Waals surface area contributed by atoms with Crippen LogP contribution in [0.4, 0.5) is 0 Å². The zero-order valence-corrected chi connectivity index (χ0v) is 16.9. The first-order chi connectivity index (χ1) is 14.0. The fourth-order valence-corrected chi connectivity index (χ4v) is 3.45. The van der Waals surface area contributed by atoms with E-state index in [1.165, 1.54) is 0 Å². The van der Waals surface area contributed by atoms with Gasteiger partial charge in [0.2, 0.25) is 0 Å². The van der Waals surface area contributed by atoms with E-state index in [0.29, 0.717) is 23.6 Å². The summed E-state index contributed by atoms with van der Waals surface area (Å²) < 4.78 is 1.82. The molecule has 0 bridgehead atoms.